The zero-order valence-electron chi connectivity index (χ0n) is 9.65. The number of aromatic nitrogens is 2. The minimum atomic E-state index is -0.336. The van der Waals surface area contributed by atoms with Gasteiger partial charge in [0.05, 0.1) is 11.9 Å². The summed E-state index contributed by atoms with van der Waals surface area (Å²) in [6.45, 7) is 0. The van der Waals surface area contributed by atoms with Crippen LogP contribution in [0.5, 0.6) is 0 Å². The summed E-state index contributed by atoms with van der Waals surface area (Å²) in [7, 11) is 0. The number of nitrogens with one attached hydrogen (secondary N) is 2. The van der Waals surface area contributed by atoms with E-state index < -0.39 is 0 Å². The van der Waals surface area contributed by atoms with Crippen molar-refractivity contribution in [3.8, 4) is 11.3 Å². The molecule has 0 spiro atoms. The molecule has 0 aliphatic heterocycles. The lowest BCUT2D eigenvalue weighted by atomic mass is 10.1. The highest BCUT2D eigenvalue weighted by Crippen LogP contribution is 2.25. The van der Waals surface area contributed by atoms with Crippen molar-refractivity contribution in [1.82, 2.24) is 9.97 Å². The van der Waals surface area contributed by atoms with E-state index >= 15 is 0 Å². The molecule has 0 radical (unpaired) electrons. The molecule has 19 heavy (non-hydrogen) atoms. The summed E-state index contributed by atoms with van der Waals surface area (Å²) in [4.78, 5) is 6.94. The fraction of sp³-hybridized carbons (Fsp3) is 0. The van der Waals surface area contributed by atoms with E-state index in [1.54, 1.807) is 18.3 Å². The highest BCUT2D eigenvalue weighted by atomic mass is 32.1. The molecule has 0 atom stereocenters. The number of halogens is 2. The van der Waals surface area contributed by atoms with E-state index in [2.05, 4.69) is 15.3 Å². The van der Waals surface area contributed by atoms with E-state index in [9.17, 15) is 8.78 Å². The van der Waals surface area contributed by atoms with Crippen LogP contribution in [0.1, 0.15) is 0 Å². The Morgan fingerprint density at radius 2 is 1.95 bits per heavy atom. The first-order valence-corrected chi connectivity index (χ1v) is 6.35. The lowest BCUT2D eigenvalue weighted by Gasteiger charge is -1.97. The van der Waals surface area contributed by atoms with Gasteiger partial charge < -0.3 is 10.3 Å². The topological polar surface area (TPSA) is 40.7 Å². The van der Waals surface area contributed by atoms with Gasteiger partial charge in [-0.3, -0.25) is 0 Å². The van der Waals surface area contributed by atoms with Crippen molar-refractivity contribution < 1.29 is 8.78 Å². The summed E-state index contributed by atoms with van der Waals surface area (Å²) < 4.78 is 25.6. The maximum atomic E-state index is 12.8. The van der Waals surface area contributed by atoms with Gasteiger partial charge in [0.25, 0.3) is 0 Å². The third-order valence-electron chi connectivity index (χ3n) is 2.57. The molecule has 0 amide bonds. The van der Waals surface area contributed by atoms with Crippen LogP contribution in [0.25, 0.3) is 11.3 Å². The first-order chi connectivity index (χ1) is 9.20. The monoisotopic (exact) mass is 277 g/mol. The van der Waals surface area contributed by atoms with Crippen LogP contribution in [0.4, 0.5) is 19.6 Å². The normalized spacial score (nSPS) is 10.6. The van der Waals surface area contributed by atoms with E-state index in [-0.39, 0.29) is 10.9 Å². The maximum Gasteiger partial charge on any atom is 0.198 e. The summed E-state index contributed by atoms with van der Waals surface area (Å²) in [6.07, 6.45) is 2.92. The molecule has 3 nitrogen and oxygen atoms in total. The number of hydrogen-bond donors (Lipinski definition) is 2. The molecule has 0 bridgehead atoms. The number of benzene rings is 1. The molecule has 0 aliphatic rings. The largest absolute Gasteiger partial charge is 0.359 e. The number of rotatable bonds is 3. The van der Waals surface area contributed by atoms with Crippen molar-refractivity contribution in [2.45, 2.75) is 0 Å². The predicted octanol–water partition coefficient (Wildman–Crippen LogP) is 4.16. The second kappa shape index (κ2) is 4.81. The molecule has 0 saturated heterocycles. The van der Waals surface area contributed by atoms with E-state index in [4.69, 9.17) is 0 Å². The first kappa shape index (κ1) is 11.9. The SMILES string of the molecule is Fc1ccc(-c2cc(Nc3ncc(F)s3)c[nH]2)cc1. The molecule has 1 aromatic carbocycles. The number of thiazole rings is 1. The van der Waals surface area contributed by atoms with Gasteiger partial charge in [-0.05, 0) is 35.9 Å². The quantitative estimate of drug-likeness (QED) is 0.754. The fourth-order valence-corrected chi connectivity index (χ4v) is 2.26. The highest BCUT2D eigenvalue weighted by molar-refractivity contribution is 7.14. The smallest absolute Gasteiger partial charge is 0.198 e. The van der Waals surface area contributed by atoms with Gasteiger partial charge in [-0.15, -0.1) is 0 Å². The third-order valence-corrected chi connectivity index (χ3v) is 3.27. The van der Waals surface area contributed by atoms with Crippen LogP contribution in [-0.2, 0) is 0 Å². The zero-order chi connectivity index (χ0) is 13.2. The lowest BCUT2D eigenvalue weighted by Crippen LogP contribution is -1.85. The van der Waals surface area contributed by atoms with Gasteiger partial charge in [-0.2, -0.15) is 4.39 Å². The molecular weight excluding hydrogens is 268 g/mol. The van der Waals surface area contributed by atoms with E-state index in [0.717, 1.165) is 28.3 Å². The molecule has 3 rings (SSSR count). The van der Waals surface area contributed by atoms with E-state index in [1.807, 2.05) is 6.07 Å². The molecule has 2 heterocycles. The Bertz CT molecular complexity index is 688. The van der Waals surface area contributed by atoms with Crippen LogP contribution >= 0.6 is 11.3 Å². The molecule has 3 aromatic rings. The number of nitrogens with zero attached hydrogens (tertiary/aromatic N) is 1. The molecular formula is C13H9F2N3S. The molecule has 0 fully saturated rings. The Morgan fingerprint density at radius 1 is 1.16 bits per heavy atom. The van der Waals surface area contributed by atoms with E-state index in [0.29, 0.717) is 5.13 Å². The van der Waals surface area contributed by atoms with Gasteiger partial charge in [0, 0.05) is 11.9 Å². The molecule has 0 aliphatic carbocycles. The third kappa shape index (κ3) is 2.63. The molecule has 2 aromatic heterocycles. The van der Waals surface area contributed by atoms with Crippen LogP contribution in [-0.4, -0.2) is 9.97 Å². The Morgan fingerprint density at radius 3 is 2.63 bits per heavy atom. The average Bonchev–Trinajstić information content (AvgIpc) is 3.00. The summed E-state index contributed by atoms with van der Waals surface area (Å²) in [5.74, 6) is -0.271. The van der Waals surface area contributed by atoms with Crippen LogP contribution in [0.2, 0.25) is 0 Å². The van der Waals surface area contributed by atoms with Crippen LogP contribution in [0.3, 0.4) is 0 Å². The van der Waals surface area contributed by atoms with Crippen molar-refractivity contribution >= 4 is 22.2 Å². The van der Waals surface area contributed by atoms with Crippen molar-refractivity contribution in [2.24, 2.45) is 0 Å². The molecule has 96 valence electrons. The lowest BCUT2D eigenvalue weighted by molar-refractivity contribution is 0.628. The summed E-state index contributed by atoms with van der Waals surface area (Å²) >= 11 is 0.937. The first-order valence-electron chi connectivity index (χ1n) is 5.53. The van der Waals surface area contributed by atoms with Gasteiger partial charge in [0.2, 0.25) is 0 Å². The van der Waals surface area contributed by atoms with Gasteiger partial charge in [0.1, 0.15) is 5.82 Å². The van der Waals surface area contributed by atoms with Crippen molar-refractivity contribution in [3.63, 3.8) is 0 Å². The number of H-pyrrole nitrogens is 1. The minimum Gasteiger partial charge on any atom is -0.359 e. The van der Waals surface area contributed by atoms with Gasteiger partial charge in [0.15, 0.2) is 10.3 Å². The van der Waals surface area contributed by atoms with Crippen LogP contribution in [0, 0.1) is 10.9 Å². The average molecular weight is 277 g/mol. The second-order valence-corrected chi connectivity index (χ2v) is 4.88. The predicted molar refractivity (Wildman–Crippen MR) is 71.5 cm³/mol. The minimum absolute atomic E-state index is 0.271. The number of aromatic amines is 1. The van der Waals surface area contributed by atoms with Crippen LogP contribution in [0.15, 0.2) is 42.7 Å². The standard InChI is InChI=1S/C13H9F2N3S/c14-9-3-1-8(2-4-9)11-5-10(6-16-11)18-13-17-7-12(15)19-13/h1-7,16H,(H,17,18). The number of anilines is 2. The summed E-state index contributed by atoms with van der Waals surface area (Å²) in [6, 6.07) is 8.04. The summed E-state index contributed by atoms with van der Waals surface area (Å²) in [5.41, 5.74) is 2.49. The van der Waals surface area contributed by atoms with Crippen LogP contribution < -0.4 is 5.32 Å². The van der Waals surface area contributed by atoms with Gasteiger partial charge >= 0.3 is 0 Å². The van der Waals surface area contributed by atoms with E-state index in [1.165, 1.54) is 18.3 Å². The van der Waals surface area contributed by atoms with Gasteiger partial charge in [-0.25, -0.2) is 9.37 Å². The Balaban J connectivity index is 1.81. The Labute approximate surface area is 111 Å². The zero-order valence-corrected chi connectivity index (χ0v) is 10.5. The Kier molecular flexibility index (Phi) is 3.00. The van der Waals surface area contributed by atoms with Crippen molar-refractivity contribution in [1.29, 1.82) is 0 Å². The molecule has 6 heteroatoms. The fourth-order valence-electron chi connectivity index (χ4n) is 1.70. The summed E-state index contributed by atoms with van der Waals surface area (Å²) in [5, 5.41) is 3.14. The van der Waals surface area contributed by atoms with Gasteiger partial charge in [-0.1, -0.05) is 11.3 Å². The molecule has 0 saturated carbocycles. The Hall–Kier alpha value is -2.21. The molecule has 0 unspecified atom stereocenters. The second-order valence-electron chi connectivity index (χ2n) is 3.90. The molecule has 2 N–H and O–H groups in total. The maximum absolute atomic E-state index is 12.8. The number of hydrogen-bond acceptors (Lipinski definition) is 3. The highest BCUT2D eigenvalue weighted by Gasteiger charge is 2.05. The van der Waals surface area contributed by atoms with Crippen molar-refractivity contribution in [2.75, 3.05) is 5.32 Å². The van der Waals surface area contributed by atoms with Crippen molar-refractivity contribution in [3.05, 3.63) is 53.7 Å².